The third-order valence-electron chi connectivity index (χ3n) is 5.62. The van der Waals surface area contributed by atoms with Crippen LogP contribution in [0.15, 0.2) is 86.1 Å². The van der Waals surface area contributed by atoms with E-state index < -0.39 is 0 Å². The Morgan fingerprint density at radius 1 is 1.14 bits per heavy atom. The standard InChI is InChI=1S/C29H29N5S/c1-7-9-10-21(27-14-13-26(35-27)17(3)4)22-16-25(31-19(22)6)29-28-24(33-34-29)12-11-23(32-28)18(5)15-20(30)8-2/h7-16,31H,2-3,5,30H2,1,4,6H3,(H,33,34)/b9-7-,20-15+,21-10+. The molecule has 4 aromatic heterocycles. The number of hydrogen-bond donors (Lipinski definition) is 3. The number of nitrogens with one attached hydrogen (secondary N) is 2. The van der Waals surface area contributed by atoms with Crippen LogP contribution in [0.2, 0.25) is 0 Å². The van der Waals surface area contributed by atoms with Gasteiger partial charge in [-0.3, -0.25) is 5.10 Å². The molecule has 0 spiro atoms. The highest BCUT2D eigenvalue weighted by Gasteiger charge is 2.18. The maximum Gasteiger partial charge on any atom is 0.135 e. The highest BCUT2D eigenvalue weighted by Crippen LogP contribution is 2.36. The topological polar surface area (TPSA) is 83.4 Å². The molecule has 0 aromatic carbocycles. The van der Waals surface area contributed by atoms with E-state index in [1.165, 1.54) is 9.75 Å². The molecule has 0 unspecified atom stereocenters. The molecule has 35 heavy (non-hydrogen) atoms. The molecule has 0 bridgehead atoms. The molecule has 176 valence electrons. The summed E-state index contributed by atoms with van der Waals surface area (Å²) in [6.07, 6.45) is 9.59. The Labute approximate surface area is 209 Å². The lowest BCUT2D eigenvalue weighted by Gasteiger charge is -2.04. The van der Waals surface area contributed by atoms with Crippen LogP contribution < -0.4 is 5.73 Å². The van der Waals surface area contributed by atoms with E-state index in [2.05, 4.69) is 72.2 Å². The van der Waals surface area contributed by atoms with E-state index in [9.17, 15) is 0 Å². The van der Waals surface area contributed by atoms with Crippen molar-refractivity contribution in [2.75, 3.05) is 0 Å². The van der Waals surface area contributed by atoms with E-state index in [0.717, 1.165) is 50.5 Å². The largest absolute Gasteiger partial charge is 0.399 e. The molecule has 0 saturated carbocycles. The lowest BCUT2D eigenvalue weighted by atomic mass is 10.0. The molecule has 0 atom stereocenters. The van der Waals surface area contributed by atoms with Gasteiger partial charge in [-0.05, 0) is 74.4 Å². The highest BCUT2D eigenvalue weighted by molar-refractivity contribution is 7.14. The molecular formula is C29H29N5S. The third kappa shape index (κ3) is 4.88. The first kappa shape index (κ1) is 24.0. The summed E-state index contributed by atoms with van der Waals surface area (Å²) in [6.45, 7) is 18.0. The van der Waals surface area contributed by atoms with Crippen molar-refractivity contribution in [3.63, 3.8) is 0 Å². The van der Waals surface area contributed by atoms with Gasteiger partial charge in [-0.15, -0.1) is 11.3 Å². The molecule has 4 rings (SSSR count). The summed E-state index contributed by atoms with van der Waals surface area (Å²) < 4.78 is 0. The molecule has 0 aliphatic rings. The zero-order chi connectivity index (χ0) is 25.1. The summed E-state index contributed by atoms with van der Waals surface area (Å²) in [5.74, 6) is 0. The van der Waals surface area contributed by atoms with Crippen molar-refractivity contribution in [3.8, 4) is 11.4 Å². The maximum absolute atomic E-state index is 5.89. The molecule has 0 radical (unpaired) electrons. The number of hydrogen-bond acceptors (Lipinski definition) is 4. The third-order valence-corrected chi connectivity index (χ3v) is 6.90. The van der Waals surface area contributed by atoms with Gasteiger partial charge in [0.2, 0.25) is 0 Å². The quantitative estimate of drug-likeness (QED) is 0.230. The van der Waals surface area contributed by atoms with E-state index in [4.69, 9.17) is 10.7 Å². The second-order valence-electron chi connectivity index (χ2n) is 8.31. The summed E-state index contributed by atoms with van der Waals surface area (Å²) in [7, 11) is 0. The Bertz CT molecular complexity index is 1530. The Morgan fingerprint density at radius 2 is 1.91 bits per heavy atom. The van der Waals surface area contributed by atoms with Crippen molar-refractivity contribution in [1.29, 1.82) is 0 Å². The number of thiophene rings is 1. The van der Waals surface area contributed by atoms with Crippen LogP contribution in [0.25, 0.3) is 39.1 Å². The van der Waals surface area contributed by atoms with Gasteiger partial charge in [-0.1, -0.05) is 38.0 Å². The number of fused-ring (bicyclic) bond motifs is 1. The zero-order valence-corrected chi connectivity index (χ0v) is 21.1. The van der Waals surface area contributed by atoms with Crippen LogP contribution in [0.4, 0.5) is 0 Å². The lowest BCUT2D eigenvalue weighted by molar-refractivity contribution is 1.11. The number of pyridine rings is 1. The predicted octanol–water partition coefficient (Wildman–Crippen LogP) is 7.41. The van der Waals surface area contributed by atoms with Crippen molar-refractivity contribution < 1.29 is 0 Å². The number of nitrogens with two attached hydrogens (primary N) is 1. The van der Waals surface area contributed by atoms with Crippen LogP contribution in [0.3, 0.4) is 0 Å². The highest BCUT2D eigenvalue weighted by atomic mass is 32.1. The average Bonchev–Trinajstić information content (AvgIpc) is 3.57. The van der Waals surface area contributed by atoms with Crippen molar-refractivity contribution >= 4 is 39.1 Å². The van der Waals surface area contributed by atoms with Gasteiger partial charge in [0.25, 0.3) is 0 Å². The summed E-state index contributed by atoms with van der Waals surface area (Å²) in [4.78, 5) is 10.7. The number of H-pyrrole nitrogens is 2. The first-order valence-electron chi connectivity index (χ1n) is 11.3. The molecular weight excluding hydrogens is 450 g/mol. The number of nitrogens with zero attached hydrogens (tertiary/aromatic N) is 2. The Morgan fingerprint density at radius 3 is 2.60 bits per heavy atom. The fourth-order valence-corrected chi connectivity index (χ4v) is 4.75. The average molecular weight is 480 g/mol. The predicted molar refractivity (Wildman–Crippen MR) is 151 cm³/mol. The van der Waals surface area contributed by atoms with Crippen LogP contribution >= 0.6 is 11.3 Å². The monoisotopic (exact) mass is 479 g/mol. The minimum Gasteiger partial charge on any atom is -0.399 e. The minimum atomic E-state index is 0.540. The second-order valence-corrected chi connectivity index (χ2v) is 9.39. The summed E-state index contributed by atoms with van der Waals surface area (Å²) >= 11 is 1.74. The van der Waals surface area contributed by atoms with Crippen LogP contribution in [-0.2, 0) is 0 Å². The van der Waals surface area contributed by atoms with E-state index >= 15 is 0 Å². The van der Waals surface area contributed by atoms with Gasteiger partial charge in [0.1, 0.15) is 11.2 Å². The molecule has 6 heteroatoms. The summed E-state index contributed by atoms with van der Waals surface area (Å²) in [5, 5.41) is 7.66. The lowest BCUT2D eigenvalue weighted by Crippen LogP contribution is -1.94. The first-order valence-corrected chi connectivity index (χ1v) is 12.1. The first-order chi connectivity index (χ1) is 16.8. The van der Waals surface area contributed by atoms with Gasteiger partial charge in [0.15, 0.2) is 0 Å². The minimum absolute atomic E-state index is 0.540. The van der Waals surface area contributed by atoms with Crippen molar-refractivity contribution in [3.05, 3.63) is 113 Å². The van der Waals surface area contributed by atoms with Crippen molar-refractivity contribution in [2.24, 2.45) is 5.73 Å². The van der Waals surface area contributed by atoms with Gasteiger partial charge in [0.05, 0.1) is 16.9 Å². The molecule has 0 aliphatic carbocycles. The maximum atomic E-state index is 5.89. The van der Waals surface area contributed by atoms with Gasteiger partial charge in [-0.25, -0.2) is 4.98 Å². The SMILES string of the molecule is C=C/C(N)=C\C(=C)c1ccc2[nH]nc(-c3cc(/C(=C\C=C/C)c4ccc(C(=C)C)s4)c(C)[nH]3)c2n1. The fraction of sp³-hybridized carbons (Fsp3) is 0.103. The molecule has 4 heterocycles. The van der Waals surface area contributed by atoms with Crippen LogP contribution in [0.1, 0.15) is 40.6 Å². The van der Waals surface area contributed by atoms with Gasteiger partial charge < -0.3 is 10.7 Å². The number of allylic oxidation sites excluding steroid dienone is 7. The molecule has 0 fully saturated rings. The van der Waals surface area contributed by atoms with Gasteiger partial charge in [0, 0.05) is 32.3 Å². The van der Waals surface area contributed by atoms with Crippen molar-refractivity contribution in [2.45, 2.75) is 20.8 Å². The number of aryl methyl sites for hydroxylation is 1. The van der Waals surface area contributed by atoms with E-state index in [1.54, 1.807) is 23.5 Å². The van der Waals surface area contributed by atoms with E-state index in [-0.39, 0.29) is 0 Å². The summed E-state index contributed by atoms with van der Waals surface area (Å²) in [6, 6.07) is 10.3. The smallest absolute Gasteiger partial charge is 0.135 e. The fourth-order valence-electron chi connectivity index (χ4n) is 3.77. The molecule has 4 aromatic rings. The second kappa shape index (κ2) is 9.99. The summed E-state index contributed by atoms with van der Waals surface area (Å²) in [5.41, 5.74) is 15.5. The van der Waals surface area contributed by atoms with Gasteiger partial charge in [-0.2, -0.15) is 5.10 Å². The molecule has 0 saturated heterocycles. The normalized spacial score (nSPS) is 12.5. The van der Waals surface area contributed by atoms with Crippen molar-refractivity contribution in [1.82, 2.24) is 20.2 Å². The van der Waals surface area contributed by atoms with E-state index in [0.29, 0.717) is 11.3 Å². The van der Waals surface area contributed by atoms with Crippen LogP contribution in [0, 0.1) is 6.92 Å². The Hall–Kier alpha value is -4.16. The number of aromatic nitrogens is 4. The number of rotatable bonds is 8. The van der Waals surface area contributed by atoms with Crippen LogP contribution in [-0.4, -0.2) is 20.2 Å². The molecule has 0 amide bonds. The van der Waals surface area contributed by atoms with Gasteiger partial charge >= 0.3 is 0 Å². The Balaban J connectivity index is 1.79. The Kier molecular flexibility index (Phi) is 6.85. The molecule has 0 aliphatic heterocycles. The van der Waals surface area contributed by atoms with Crippen LogP contribution in [0.5, 0.6) is 0 Å². The number of aromatic amines is 2. The van der Waals surface area contributed by atoms with E-state index in [1.807, 2.05) is 32.1 Å². The molecule has 5 nitrogen and oxygen atoms in total. The zero-order valence-electron chi connectivity index (χ0n) is 20.3. The molecule has 4 N–H and O–H groups in total.